The van der Waals surface area contributed by atoms with Gasteiger partial charge in [-0.05, 0) is 51.1 Å². The average molecular weight is 374 g/mol. The third kappa shape index (κ3) is 5.59. The summed E-state index contributed by atoms with van der Waals surface area (Å²) < 4.78 is 5.17. The number of anilines is 1. The van der Waals surface area contributed by atoms with E-state index in [1.54, 1.807) is 51.1 Å². The number of nitrogens with one attached hydrogen (secondary N) is 1. The SMILES string of the molecule is CC(C)(C)OC(=O)Nc1ccc(Sc2ccc(C=O)cc2[N+](=O)[O-])cc1. The molecule has 8 heteroatoms. The Morgan fingerprint density at radius 1 is 1.19 bits per heavy atom. The molecule has 26 heavy (non-hydrogen) atoms. The minimum Gasteiger partial charge on any atom is -0.444 e. The number of ether oxygens (including phenoxy) is 1. The number of nitro benzene ring substituents is 1. The van der Waals surface area contributed by atoms with Crippen molar-refractivity contribution in [3.05, 3.63) is 58.1 Å². The van der Waals surface area contributed by atoms with E-state index >= 15 is 0 Å². The molecular formula is C18H18N2O5S. The molecule has 0 heterocycles. The Morgan fingerprint density at radius 2 is 1.85 bits per heavy atom. The molecule has 0 bridgehead atoms. The van der Waals surface area contributed by atoms with Crippen molar-refractivity contribution in [2.75, 3.05) is 5.32 Å². The summed E-state index contributed by atoms with van der Waals surface area (Å²) in [6, 6.07) is 11.1. The average Bonchev–Trinajstić information content (AvgIpc) is 2.55. The van der Waals surface area contributed by atoms with Gasteiger partial charge in [-0.3, -0.25) is 20.2 Å². The van der Waals surface area contributed by atoms with Gasteiger partial charge in [0.1, 0.15) is 11.9 Å². The van der Waals surface area contributed by atoms with Crippen LogP contribution in [-0.2, 0) is 4.74 Å². The lowest BCUT2D eigenvalue weighted by Crippen LogP contribution is -2.27. The lowest BCUT2D eigenvalue weighted by molar-refractivity contribution is -0.387. The van der Waals surface area contributed by atoms with Crippen LogP contribution in [0.1, 0.15) is 31.1 Å². The van der Waals surface area contributed by atoms with E-state index in [4.69, 9.17) is 4.74 Å². The van der Waals surface area contributed by atoms with Gasteiger partial charge in [-0.2, -0.15) is 0 Å². The van der Waals surface area contributed by atoms with Crippen LogP contribution in [0.25, 0.3) is 0 Å². The summed E-state index contributed by atoms with van der Waals surface area (Å²) >= 11 is 1.20. The molecule has 7 nitrogen and oxygen atoms in total. The molecule has 0 saturated carbocycles. The van der Waals surface area contributed by atoms with Crippen molar-refractivity contribution < 1.29 is 19.2 Å². The lowest BCUT2D eigenvalue weighted by Gasteiger charge is -2.19. The maximum atomic E-state index is 11.7. The highest BCUT2D eigenvalue weighted by atomic mass is 32.2. The first-order chi connectivity index (χ1) is 12.2. The Morgan fingerprint density at radius 3 is 2.38 bits per heavy atom. The van der Waals surface area contributed by atoms with Gasteiger partial charge in [0, 0.05) is 22.2 Å². The third-order valence-electron chi connectivity index (χ3n) is 3.04. The summed E-state index contributed by atoms with van der Waals surface area (Å²) in [4.78, 5) is 34.4. The molecule has 0 saturated heterocycles. The second-order valence-corrected chi connectivity index (χ2v) is 7.47. The van der Waals surface area contributed by atoms with Gasteiger partial charge in [-0.1, -0.05) is 17.8 Å². The quantitative estimate of drug-likeness (QED) is 0.454. The van der Waals surface area contributed by atoms with Crippen LogP contribution in [0.2, 0.25) is 0 Å². The van der Waals surface area contributed by atoms with Crippen molar-refractivity contribution in [3.8, 4) is 0 Å². The van der Waals surface area contributed by atoms with E-state index in [2.05, 4.69) is 5.32 Å². The van der Waals surface area contributed by atoms with Crippen LogP contribution in [0.5, 0.6) is 0 Å². The van der Waals surface area contributed by atoms with Gasteiger partial charge in [0.05, 0.1) is 9.82 Å². The van der Waals surface area contributed by atoms with E-state index in [1.165, 1.54) is 23.9 Å². The van der Waals surface area contributed by atoms with Gasteiger partial charge >= 0.3 is 6.09 Å². The molecule has 0 aliphatic carbocycles. The molecule has 1 N–H and O–H groups in total. The van der Waals surface area contributed by atoms with Crippen molar-refractivity contribution >= 4 is 35.5 Å². The Kier molecular flexibility index (Phi) is 5.99. The first-order valence-corrected chi connectivity index (χ1v) is 8.51. The molecule has 0 aliphatic rings. The number of nitrogens with zero attached hydrogens (tertiary/aromatic N) is 1. The molecule has 0 fully saturated rings. The number of carbonyl (C=O) groups excluding carboxylic acids is 2. The standard InChI is InChI=1S/C18H18N2O5S/c1-18(2,3)25-17(22)19-13-5-7-14(8-6-13)26-16-9-4-12(11-21)10-15(16)20(23)24/h4-11H,1-3H3,(H,19,22). The lowest BCUT2D eigenvalue weighted by atomic mass is 10.2. The third-order valence-corrected chi connectivity index (χ3v) is 4.12. The van der Waals surface area contributed by atoms with Crippen LogP contribution in [0.15, 0.2) is 52.3 Å². The van der Waals surface area contributed by atoms with Crippen LogP contribution in [-0.4, -0.2) is 22.9 Å². The van der Waals surface area contributed by atoms with Crippen molar-refractivity contribution in [1.29, 1.82) is 0 Å². The second-order valence-electron chi connectivity index (χ2n) is 6.36. The number of carbonyl (C=O) groups is 2. The largest absolute Gasteiger partial charge is 0.444 e. The van der Waals surface area contributed by atoms with Crippen LogP contribution in [0.3, 0.4) is 0 Å². The molecule has 0 aliphatic heterocycles. The summed E-state index contributed by atoms with van der Waals surface area (Å²) in [5.74, 6) is 0. The number of hydrogen-bond donors (Lipinski definition) is 1. The molecular weight excluding hydrogens is 356 g/mol. The van der Waals surface area contributed by atoms with Gasteiger partial charge in [-0.25, -0.2) is 4.79 Å². The number of benzene rings is 2. The fraction of sp³-hybridized carbons (Fsp3) is 0.222. The zero-order valence-corrected chi connectivity index (χ0v) is 15.3. The van der Waals surface area contributed by atoms with Gasteiger partial charge in [0.15, 0.2) is 0 Å². The predicted molar refractivity (Wildman–Crippen MR) is 98.9 cm³/mol. The molecule has 0 spiro atoms. The van der Waals surface area contributed by atoms with Gasteiger partial charge in [-0.15, -0.1) is 0 Å². The molecule has 2 aromatic carbocycles. The molecule has 0 unspecified atom stereocenters. The smallest absolute Gasteiger partial charge is 0.412 e. The van der Waals surface area contributed by atoms with E-state index in [-0.39, 0.29) is 11.3 Å². The number of hydrogen-bond acceptors (Lipinski definition) is 6. The van der Waals surface area contributed by atoms with Crippen molar-refractivity contribution in [2.45, 2.75) is 36.2 Å². The van der Waals surface area contributed by atoms with E-state index in [0.29, 0.717) is 16.9 Å². The Hall–Kier alpha value is -2.87. The second kappa shape index (κ2) is 8.01. The summed E-state index contributed by atoms with van der Waals surface area (Å²) in [7, 11) is 0. The fourth-order valence-corrected chi connectivity index (χ4v) is 2.89. The monoisotopic (exact) mass is 374 g/mol. The van der Waals surface area contributed by atoms with Crippen molar-refractivity contribution in [2.24, 2.45) is 0 Å². The summed E-state index contributed by atoms with van der Waals surface area (Å²) in [6.45, 7) is 5.32. The zero-order chi connectivity index (χ0) is 19.3. The molecule has 0 radical (unpaired) electrons. The van der Waals surface area contributed by atoms with Gasteiger partial charge in [0.25, 0.3) is 5.69 Å². The fourth-order valence-electron chi connectivity index (χ4n) is 1.99. The Balaban J connectivity index is 2.11. The molecule has 0 atom stereocenters. The van der Waals surface area contributed by atoms with E-state index in [0.717, 1.165) is 4.90 Å². The molecule has 0 aromatic heterocycles. The topological polar surface area (TPSA) is 98.5 Å². The highest BCUT2D eigenvalue weighted by Crippen LogP contribution is 2.35. The molecule has 1 amide bonds. The predicted octanol–water partition coefficient (Wildman–Crippen LogP) is 4.91. The number of rotatable bonds is 5. The normalized spacial score (nSPS) is 10.9. The first kappa shape index (κ1) is 19.5. The highest BCUT2D eigenvalue weighted by molar-refractivity contribution is 7.99. The van der Waals surface area contributed by atoms with Crippen LogP contribution >= 0.6 is 11.8 Å². The first-order valence-electron chi connectivity index (χ1n) is 7.69. The van der Waals surface area contributed by atoms with Crippen molar-refractivity contribution in [1.82, 2.24) is 0 Å². The summed E-state index contributed by atoms with van der Waals surface area (Å²) in [5, 5.41) is 13.8. The number of aldehydes is 1. The Labute approximate surface area is 154 Å². The van der Waals surface area contributed by atoms with Gasteiger partial charge in [0.2, 0.25) is 0 Å². The number of nitro groups is 1. The van der Waals surface area contributed by atoms with Crippen LogP contribution < -0.4 is 5.32 Å². The highest BCUT2D eigenvalue weighted by Gasteiger charge is 2.17. The van der Waals surface area contributed by atoms with Crippen LogP contribution in [0, 0.1) is 10.1 Å². The zero-order valence-electron chi connectivity index (χ0n) is 14.5. The van der Waals surface area contributed by atoms with E-state index < -0.39 is 16.6 Å². The minimum absolute atomic E-state index is 0.129. The minimum atomic E-state index is -0.591. The van der Waals surface area contributed by atoms with E-state index in [1.807, 2.05) is 0 Å². The van der Waals surface area contributed by atoms with Crippen molar-refractivity contribution in [3.63, 3.8) is 0 Å². The van der Waals surface area contributed by atoms with Crippen LogP contribution in [0.4, 0.5) is 16.2 Å². The Bertz CT molecular complexity index is 828. The summed E-state index contributed by atoms with van der Waals surface area (Å²) in [5.41, 5.74) is 0.0786. The summed E-state index contributed by atoms with van der Waals surface area (Å²) in [6.07, 6.45) is 0.0106. The molecule has 2 aromatic rings. The maximum Gasteiger partial charge on any atom is 0.412 e. The molecule has 136 valence electrons. The van der Waals surface area contributed by atoms with E-state index in [9.17, 15) is 19.7 Å². The molecule has 2 rings (SSSR count). The van der Waals surface area contributed by atoms with Gasteiger partial charge < -0.3 is 4.74 Å². The number of amides is 1. The maximum absolute atomic E-state index is 11.7.